The van der Waals surface area contributed by atoms with E-state index in [2.05, 4.69) is 32.4 Å². The second-order valence-electron chi connectivity index (χ2n) is 7.89. The first-order valence-corrected chi connectivity index (χ1v) is 9.59. The minimum atomic E-state index is -0.0834. The van der Waals surface area contributed by atoms with Gasteiger partial charge in [-0.1, -0.05) is 6.07 Å². The molecule has 27 heavy (non-hydrogen) atoms. The van der Waals surface area contributed by atoms with Crippen LogP contribution in [-0.2, 0) is 7.05 Å². The average molecular weight is 364 g/mol. The first kappa shape index (κ1) is 16.5. The fraction of sp³-hybridized carbons (Fsp3) is 0.450. The van der Waals surface area contributed by atoms with E-state index in [1.165, 1.54) is 12.8 Å². The highest BCUT2D eigenvalue weighted by atomic mass is 16.2. The van der Waals surface area contributed by atoms with Crippen LogP contribution in [0.1, 0.15) is 36.2 Å². The molecule has 0 radical (unpaired) electrons. The lowest BCUT2D eigenvalue weighted by Crippen LogP contribution is -2.48. The number of H-pyrrole nitrogens is 1. The Morgan fingerprint density at radius 1 is 1.22 bits per heavy atom. The van der Waals surface area contributed by atoms with Crippen LogP contribution in [0.5, 0.6) is 0 Å². The quantitative estimate of drug-likeness (QED) is 0.748. The van der Waals surface area contributed by atoms with Gasteiger partial charge in [-0.05, 0) is 44.9 Å². The van der Waals surface area contributed by atoms with Gasteiger partial charge >= 0.3 is 0 Å². The summed E-state index contributed by atoms with van der Waals surface area (Å²) in [4.78, 5) is 19.7. The van der Waals surface area contributed by atoms with Crippen molar-refractivity contribution in [2.75, 3.05) is 7.05 Å². The van der Waals surface area contributed by atoms with Crippen molar-refractivity contribution >= 4 is 16.8 Å². The van der Waals surface area contributed by atoms with Crippen molar-refractivity contribution < 1.29 is 4.79 Å². The van der Waals surface area contributed by atoms with Gasteiger partial charge in [0.25, 0.3) is 5.91 Å². The second-order valence-corrected chi connectivity index (χ2v) is 7.89. The van der Waals surface area contributed by atoms with Gasteiger partial charge < -0.3 is 14.8 Å². The lowest BCUT2D eigenvalue weighted by Gasteiger charge is -2.36. The van der Waals surface area contributed by atoms with E-state index in [1.807, 2.05) is 36.0 Å². The number of piperidine rings is 1. The molecule has 3 aromatic rings. The van der Waals surface area contributed by atoms with E-state index < -0.39 is 0 Å². The lowest BCUT2D eigenvalue weighted by atomic mass is 9.98. The largest absolute Gasteiger partial charge is 0.348 e. The van der Waals surface area contributed by atoms with Crippen LogP contribution >= 0.6 is 0 Å². The summed E-state index contributed by atoms with van der Waals surface area (Å²) in [6.45, 7) is 0. The number of amides is 1. The van der Waals surface area contributed by atoms with Crippen LogP contribution in [0.15, 0.2) is 30.6 Å². The van der Waals surface area contributed by atoms with Crippen LogP contribution in [0.4, 0.5) is 0 Å². The topological polar surface area (TPSA) is 78.8 Å². The SMILES string of the molecule is CN1C2CCC1CC(NC(=O)c1n[nH]c3cc(-c4nccn4C)ccc13)C2. The van der Waals surface area contributed by atoms with Crippen molar-refractivity contribution in [1.29, 1.82) is 0 Å². The zero-order valence-corrected chi connectivity index (χ0v) is 15.6. The van der Waals surface area contributed by atoms with Gasteiger partial charge in [0.1, 0.15) is 5.82 Å². The summed E-state index contributed by atoms with van der Waals surface area (Å²) >= 11 is 0. The molecule has 2 N–H and O–H groups in total. The Morgan fingerprint density at radius 2 is 2.00 bits per heavy atom. The van der Waals surface area contributed by atoms with Crippen LogP contribution in [0.25, 0.3) is 22.3 Å². The molecule has 140 valence electrons. The molecule has 1 aromatic carbocycles. The molecule has 0 spiro atoms. The molecule has 4 heterocycles. The molecule has 2 aliphatic rings. The predicted molar refractivity (Wildman–Crippen MR) is 103 cm³/mol. The van der Waals surface area contributed by atoms with E-state index in [4.69, 9.17) is 0 Å². The predicted octanol–water partition coefficient (Wildman–Crippen LogP) is 2.32. The molecule has 7 nitrogen and oxygen atoms in total. The minimum Gasteiger partial charge on any atom is -0.348 e. The number of imidazole rings is 1. The summed E-state index contributed by atoms with van der Waals surface area (Å²) in [7, 11) is 4.17. The molecule has 2 aliphatic heterocycles. The Hall–Kier alpha value is -2.67. The third-order valence-electron chi connectivity index (χ3n) is 6.29. The van der Waals surface area contributed by atoms with Crippen molar-refractivity contribution in [2.45, 2.75) is 43.8 Å². The van der Waals surface area contributed by atoms with Gasteiger partial charge in [0.05, 0.1) is 5.52 Å². The van der Waals surface area contributed by atoms with Crippen molar-refractivity contribution in [2.24, 2.45) is 7.05 Å². The molecule has 7 heteroatoms. The third-order valence-corrected chi connectivity index (χ3v) is 6.29. The zero-order valence-electron chi connectivity index (χ0n) is 15.6. The minimum absolute atomic E-state index is 0.0834. The number of aromatic amines is 1. The number of carbonyl (C=O) groups is 1. The molecule has 5 rings (SSSR count). The van der Waals surface area contributed by atoms with E-state index in [0.717, 1.165) is 35.1 Å². The Balaban J connectivity index is 1.37. The monoisotopic (exact) mass is 364 g/mol. The van der Waals surface area contributed by atoms with Crippen molar-refractivity contribution in [1.82, 2.24) is 30.0 Å². The van der Waals surface area contributed by atoms with Crippen LogP contribution in [0.3, 0.4) is 0 Å². The van der Waals surface area contributed by atoms with Gasteiger partial charge in [0.2, 0.25) is 0 Å². The van der Waals surface area contributed by atoms with Crippen LogP contribution in [0.2, 0.25) is 0 Å². The molecule has 2 bridgehead atoms. The highest BCUT2D eigenvalue weighted by Gasteiger charge is 2.39. The van der Waals surface area contributed by atoms with E-state index in [0.29, 0.717) is 17.8 Å². The Kier molecular flexibility index (Phi) is 3.79. The standard InChI is InChI=1S/C20H24N6O/c1-25-8-7-21-19(25)12-3-6-16-17(9-12)23-24-18(16)20(27)22-13-10-14-4-5-15(11-13)26(14)2/h3,6-9,13-15H,4-5,10-11H2,1-2H3,(H,22,27)(H,23,24). The number of carbonyl (C=O) groups excluding carboxylic acids is 1. The van der Waals surface area contributed by atoms with E-state index in [9.17, 15) is 4.79 Å². The number of aryl methyl sites for hydroxylation is 1. The van der Waals surface area contributed by atoms with Gasteiger partial charge in [-0.2, -0.15) is 5.10 Å². The first-order valence-electron chi connectivity index (χ1n) is 9.59. The molecule has 1 amide bonds. The number of hydrogen-bond acceptors (Lipinski definition) is 4. The van der Waals surface area contributed by atoms with Crippen molar-refractivity contribution in [3.05, 3.63) is 36.3 Å². The van der Waals surface area contributed by atoms with Crippen molar-refractivity contribution in [3.63, 3.8) is 0 Å². The Bertz CT molecular complexity index is 991. The number of rotatable bonds is 3. The number of aromatic nitrogens is 4. The number of nitrogens with one attached hydrogen (secondary N) is 2. The number of nitrogens with zero attached hydrogens (tertiary/aromatic N) is 4. The molecule has 2 fully saturated rings. The molecular formula is C20H24N6O. The van der Waals surface area contributed by atoms with E-state index >= 15 is 0 Å². The summed E-state index contributed by atoms with van der Waals surface area (Å²) in [6.07, 6.45) is 8.25. The zero-order chi connectivity index (χ0) is 18.5. The molecular weight excluding hydrogens is 340 g/mol. The Labute approximate surface area is 157 Å². The van der Waals surface area contributed by atoms with Crippen LogP contribution in [-0.4, -0.2) is 55.7 Å². The maximum atomic E-state index is 12.8. The number of benzene rings is 1. The molecule has 2 saturated heterocycles. The number of fused-ring (bicyclic) bond motifs is 3. The summed E-state index contributed by atoms with van der Waals surface area (Å²) in [5, 5.41) is 11.4. The van der Waals surface area contributed by atoms with Gasteiger partial charge in [-0.3, -0.25) is 9.89 Å². The smallest absolute Gasteiger partial charge is 0.272 e. The first-order chi connectivity index (χ1) is 13.1. The average Bonchev–Trinajstić information content (AvgIpc) is 3.31. The van der Waals surface area contributed by atoms with E-state index in [1.54, 1.807) is 6.20 Å². The van der Waals surface area contributed by atoms with Crippen molar-refractivity contribution in [3.8, 4) is 11.4 Å². The Morgan fingerprint density at radius 3 is 2.70 bits per heavy atom. The number of hydrogen-bond donors (Lipinski definition) is 2. The fourth-order valence-electron chi connectivity index (χ4n) is 4.76. The van der Waals surface area contributed by atoms with Gasteiger partial charge in [0.15, 0.2) is 5.69 Å². The highest BCUT2D eigenvalue weighted by Crippen LogP contribution is 2.34. The van der Waals surface area contributed by atoms with Gasteiger partial charge in [-0.25, -0.2) is 4.98 Å². The maximum Gasteiger partial charge on any atom is 0.272 e. The molecule has 2 atom stereocenters. The molecule has 0 saturated carbocycles. The van der Waals surface area contributed by atoms with Crippen LogP contribution in [0, 0.1) is 0 Å². The molecule has 2 aromatic heterocycles. The third kappa shape index (κ3) is 2.73. The normalized spacial score (nSPS) is 25.2. The second kappa shape index (κ2) is 6.20. The molecule has 2 unspecified atom stereocenters. The summed E-state index contributed by atoms with van der Waals surface area (Å²) in [6, 6.07) is 7.39. The fourth-order valence-corrected chi connectivity index (χ4v) is 4.76. The lowest BCUT2D eigenvalue weighted by molar-refractivity contribution is 0.0879. The van der Waals surface area contributed by atoms with Gasteiger partial charge in [-0.15, -0.1) is 0 Å². The summed E-state index contributed by atoms with van der Waals surface area (Å²) in [5.74, 6) is 0.805. The maximum absolute atomic E-state index is 12.8. The van der Waals surface area contributed by atoms with Crippen LogP contribution < -0.4 is 5.32 Å². The van der Waals surface area contributed by atoms with E-state index in [-0.39, 0.29) is 11.9 Å². The summed E-state index contributed by atoms with van der Waals surface area (Å²) < 4.78 is 1.97. The highest BCUT2D eigenvalue weighted by molar-refractivity contribution is 6.05. The summed E-state index contributed by atoms with van der Waals surface area (Å²) in [5.41, 5.74) is 2.32. The van der Waals surface area contributed by atoms with Gasteiger partial charge in [0, 0.05) is 48.5 Å². The molecule has 0 aliphatic carbocycles.